The molecule has 0 unspecified atom stereocenters. The van der Waals surface area contributed by atoms with Crippen LogP contribution in [0.3, 0.4) is 0 Å². The molecule has 0 aliphatic rings. The number of aliphatic imine (C=N–C) groups is 1. The largest absolute Gasteiger partial charge is 0.497 e. The van der Waals surface area contributed by atoms with Crippen molar-refractivity contribution < 1.29 is 9.47 Å². The molecule has 0 amide bonds. The van der Waals surface area contributed by atoms with Crippen molar-refractivity contribution in [2.75, 3.05) is 26.1 Å². The first-order valence-electron chi connectivity index (χ1n) is 7.05. The average Bonchev–Trinajstić information content (AvgIpc) is 2.55. The quantitative estimate of drug-likeness (QED) is 0.422. The van der Waals surface area contributed by atoms with Gasteiger partial charge >= 0.3 is 0 Å². The third kappa shape index (κ3) is 6.35. The third-order valence-electron chi connectivity index (χ3n) is 3.18. The first-order chi connectivity index (χ1) is 10.7. The fourth-order valence-corrected chi connectivity index (χ4v) is 1.99. The highest BCUT2D eigenvalue weighted by Gasteiger charge is 1.98. The maximum absolute atomic E-state index is 5.89. The first kappa shape index (κ1) is 19.1. The van der Waals surface area contributed by atoms with Gasteiger partial charge in [-0.05, 0) is 36.2 Å². The molecule has 0 saturated carbocycles. The Labute approximate surface area is 153 Å². The van der Waals surface area contributed by atoms with Crippen LogP contribution < -0.4 is 20.5 Å². The minimum Gasteiger partial charge on any atom is -0.497 e. The molecular weight excluding hydrogens is 405 g/mol. The van der Waals surface area contributed by atoms with Gasteiger partial charge in [-0.3, -0.25) is 4.99 Å². The van der Waals surface area contributed by atoms with E-state index in [1.807, 2.05) is 48.5 Å². The van der Waals surface area contributed by atoms with Gasteiger partial charge in [0.1, 0.15) is 11.5 Å². The van der Waals surface area contributed by atoms with Gasteiger partial charge in [-0.1, -0.05) is 18.2 Å². The molecule has 0 atom stereocenters. The molecule has 0 fully saturated rings. The van der Waals surface area contributed by atoms with Crippen LogP contribution in [0.1, 0.15) is 5.56 Å². The van der Waals surface area contributed by atoms with Gasteiger partial charge in [0.25, 0.3) is 0 Å². The fraction of sp³-hybridized carbons (Fsp3) is 0.235. The van der Waals surface area contributed by atoms with Gasteiger partial charge in [0.15, 0.2) is 5.96 Å². The van der Waals surface area contributed by atoms with Crippen molar-refractivity contribution in [2.45, 2.75) is 6.42 Å². The van der Waals surface area contributed by atoms with Crippen molar-refractivity contribution in [3.8, 4) is 11.5 Å². The molecule has 3 N–H and O–H groups in total. The maximum Gasteiger partial charge on any atom is 0.193 e. The lowest BCUT2D eigenvalue weighted by Gasteiger charge is -2.07. The molecule has 6 heteroatoms. The molecule has 5 nitrogen and oxygen atoms in total. The minimum atomic E-state index is 0. The number of nitrogens with zero attached hydrogens (tertiary/aromatic N) is 1. The predicted octanol–water partition coefficient (Wildman–Crippen LogP) is 3.29. The monoisotopic (exact) mass is 427 g/mol. The Morgan fingerprint density at radius 2 is 1.74 bits per heavy atom. The van der Waals surface area contributed by atoms with E-state index >= 15 is 0 Å². The zero-order chi connectivity index (χ0) is 15.8. The molecule has 0 aliphatic heterocycles. The van der Waals surface area contributed by atoms with Crippen molar-refractivity contribution in [3.63, 3.8) is 0 Å². The van der Waals surface area contributed by atoms with Gasteiger partial charge in [0.05, 0.1) is 14.2 Å². The first-order valence-corrected chi connectivity index (χ1v) is 7.05. The summed E-state index contributed by atoms with van der Waals surface area (Å²) in [5.74, 6) is 2.02. The van der Waals surface area contributed by atoms with Crippen molar-refractivity contribution >= 4 is 35.6 Å². The summed E-state index contributed by atoms with van der Waals surface area (Å²) in [6.45, 7) is 0.620. The van der Waals surface area contributed by atoms with E-state index in [0.29, 0.717) is 12.5 Å². The number of halogens is 1. The van der Waals surface area contributed by atoms with E-state index in [1.165, 1.54) is 5.56 Å². The lowest BCUT2D eigenvalue weighted by molar-refractivity contribution is 0.414. The number of nitrogens with two attached hydrogens (primary N) is 1. The van der Waals surface area contributed by atoms with Crippen LogP contribution >= 0.6 is 24.0 Å². The van der Waals surface area contributed by atoms with E-state index in [0.717, 1.165) is 23.6 Å². The minimum absolute atomic E-state index is 0. The molecule has 0 saturated heterocycles. The van der Waals surface area contributed by atoms with Gasteiger partial charge in [-0.15, -0.1) is 24.0 Å². The number of nitrogens with one attached hydrogen (secondary N) is 1. The van der Waals surface area contributed by atoms with Crippen LogP contribution in [0.25, 0.3) is 0 Å². The summed E-state index contributed by atoms with van der Waals surface area (Å²) in [5, 5.41) is 3.05. The van der Waals surface area contributed by atoms with E-state index in [4.69, 9.17) is 15.2 Å². The molecule has 124 valence electrons. The molecule has 0 bridgehead atoms. The molecule has 0 aromatic heterocycles. The molecule has 2 rings (SSSR count). The van der Waals surface area contributed by atoms with Crippen LogP contribution in [0.5, 0.6) is 11.5 Å². The van der Waals surface area contributed by atoms with Crippen molar-refractivity contribution in [1.82, 2.24) is 0 Å². The Hall–Kier alpha value is -1.96. The highest BCUT2D eigenvalue weighted by molar-refractivity contribution is 14.0. The maximum atomic E-state index is 5.89. The molecule has 2 aromatic rings. The molecule has 2 aromatic carbocycles. The molecule has 23 heavy (non-hydrogen) atoms. The van der Waals surface area contributed by atoms with E-state index in [-0.39, 0.29) is 24.0 Å². The van der Waals surface area contributed by atoms with Crippen molar-refractivity contribution in [2.24, 2.45) is 10.7 Å². The number of rotatable bonds is 6. The topological polar surface area (TPSA) is 68.9 Å². The number of guanidine groups is 1. The van der Waals surface area contributed by atoms with Crippen LogP contribution in [0.4, 0.5) is 5.69 Å². The Morgan fingerprint density at radius 3 is 2.39 bits per heavy atom. The highest BCUT2D eigenvalue weighted by Crippen LogP contribution is 2.16. The van der Waals surface area contributed by atoms with E-state index < -0.39 is 0 Å². The zero-order valence-electron chi connectivity index (χ0n) is 13.3. The zero-order valence-corrected chi connectivity index (χ0v) is 15.6. The summed E-state index contributed by atoms with van der Waals surface area (Å²) in [6, 6.07) is 15.5. The van der Waals surface area contributed by atoms with E-state index in [1.54, 1.807) is 14.2 Å². The molecule has 0 radical (unpaired) electrons. The van der Waals surface area contributed by atoms with Crippen LogP contribution in [0, 0.1) is 0 Å². The smallest absolute Gasteiger partial charge is 0.193 e. The Kier molecular flexibility index (Phi) is 8.25. The van der Waals surface area contributed by atoms with Crippen molar-refractivity contribution in [1.29, 1.82) is 0 Å². The van der Waals surface area contributed by atoms with Gasteiger partial charge in [-0.25, -0.2) is 0 Å². The van der Waals surface area contributed by atoms with Gasteiger partial charge < -0.3 is 20.5 Å². The Balaban J connectivity index is 0.00000264. The van der Waals surface area contributed by atoms with Gasteiger partial charge in [-0.2, -0.15) is 0 Å². The number of anilines is 1. The Morgan fingerprint density at radius 1 is 1.04 bits per heavy atom. The highest BCUT2D eigenvalue weighted by atomic mass is 127. The number of ether oxygens (including phenoxy) is 2. The summed E-state index contributed by atoms with van der Waals surface area (Å²) in [7, 11) is 3.29. The molecule has 0 heterocycles. The number of benzene rings is 2. The third-order valence-corrected chi connectivity index (χ3v) is 3.18. The number of hydrogen-bond donors (Lipinski definition) is 2. The Bertz CT molecular complexity index is 630. The van der Waals surface area contributed by atoms with Crippen LogP contribution in [-0.4, -0.2) is 26.7 Å². The number of methoxy groups -OCH3 is 2. The summed E-state index contributed by atoms with van der Waals surface area (Å²) < 4.78 is 10.3. The summed E-state index contributed by atoms with van der Waals surface area (Å²) >= 11 is 0. The number of hydrogen-bond acceptors (Lipinski definition) is 3. The van der Waals surface area contributed by atoms with E-state index in [2.05, 4.69) is 10.3 Å². The van der Waals surface area contributed by atoms with Crippen molar-refractivity contribution in [3.05, 3.63) is 54.1 Å². The second-order valence-corrected chi connectivity index (χ2v) is 4.72. The molecule has 0 aliphatic carbocycles. The van der Waals surface area contributed by atoms with Gasteiger partial charge in [0, 0.05) is 18.3 Å². The summed E-state index contributed by atoms with van der Waals surface area (Å²) in [5.41, 5.74) is 7.93. The fourth-order valence-electron chi connectivity index (χ4n) is 1.99. The SMILES string of the molecule is COc1ccc(CCN=C(N)Nc2cccc(OC)c2)cc1.I. The average molecular weight is 427 g/mol. The standard InChI is InChI=1S/C17H21N3O2.HI/c1-21-15-8-6-13(7-9-15)10-11-19-17(18)20-14-4-3-5-16(12-14)22-2;/h3-9,12H,10-11H2,1-2H3,(H3,18,19,20);1H. The van der Waals surface area contributed by atoms with Crippen LogP contribution in [-0.2, 0) is 6.42 Å². The van der Waals surface area contributed by atoms with Crippen LogP contribution in [0.15, 0.2) is 53.5 Å². The lowest BCUT2D eigenvalue weighted by atomic mass is 10.1. The summed E-state index contributed by atoms with van der Waals surface area (Å²) in [6.07, 6.45) is 0.824. The second-order valence-electron chi connectivity index (χ2n) is 4.72. The molecule has 0 spiro atoms. The summed E-state index contributed by atoms with van der Waals surface area (Å²) in [4.78, 5) is 4.32. The van der Waals surface area contributed by atoms with Gasteiger partial charge in [0.2, 0.25) is 0 Å². The molecular formula is C17H22IN3O2. The van der Waals surface area contributed by atoms with Crippen LogP contribution in [0.2, 0.25) is 0 Å². The second kappa shape index (κ2) is 9.94. The lowest BCUT2D eigenvalue weighted by Crippen LogP contribution is -2.23. The normalized spacial score (nSPS) is 10.6. The van der Waals surface area contributed by atoms with E-state index in [9.17, 15) is 0 Å². The predicted molar refractivity (Wildman–Crippen MR) is 105 cm³/mol.